The first-order chi connectivity index (χ1) is 14.0. The van der Waals surface area contributed by atoms with Crippen molar-refractivity contribution in [2.45, 2.75) is 37.8 Å². The topological polar surface area (TPSA) is 139 Å². The Balaban J connectivity index is 1.44. The van der Waals surface area contributed by atoms with Crippen LogP contribution < -0.4 is 5.48 Å². The van der Waals surface area contributed by atoms with Crippen LogP contribution in [0.5, 0.6) is 0 Å². The normalized spacial score (nSPS) is 30.3. The molecule has 0 radical (unpaired) electrons. The van der Waals surface area contributed by atoms with E-state index < -0.39 is 43.0 Å². The summed E-state index contributed by atoms with van der Waals surface area (Å²) in [6, 6.07) is 6.89. The number of aliphatic hydroxyl groups is 1. The van der Waals surface area contributed by atoms with E-state index in [9.17, 15) is 14.7 Å². The average molecular weight is 405 g/mol. The number of esters is 1. The van der Waals surface area contributed by atoms with Gasteiger partial charge in [0.15, 0.2) is 24.3 Å². The van der Waals surface area contributed by atoms with Crippen LogP contribution in [0.4, 0.5) is 4.79 Å². The lowest BCUT2D eigenvalue weighted by atomic mass is 10.1. The van der Waals surface area contributed by atoms with Crippen molar-refractivity contribution in [2.75, 3.05) is 6.61 Å². The van der Waals surface area contributed by atoms with Crippen LogP contribution in [0.2, 0.25) is 0 Å². The average Bonchev–Trinajstić information content (AvgIpc) is 3.24. The number of fused-ring (bicyclic) bond motifs is 1. The van der Waals surface area contributed by atoms with E-state index in [2.05, 4.69) is 4.99 Å². The van der Waals surface area contributed by atoms with Gasteiger partial charge in [-0.25, -0.2) is 14.6 Å². The highest BCUT2D eigenvalue weighted by atomic mass is 16.8. The fourth-order valence-electron chi connectivity index (χ4n) is 3.28. The molecule has 2 fully saturated rings. The molecule has 154 valence electrons. The highest BCUT2D eigenvalue weighted by Gasteiger charge is 2.57. The summed E-state index contributed by atoms with van der Waals surface area (Å²) in [5, 5.41) is 19.1. The number of benzene rings is 1. The molecule has 3 N–H and O–H groups in total. The van der Waals surface area contributed by atoms with E-state index >= 15 is 0 Å². The van der Waals surface area contributed by atoms with E-state index in [1.54, 1.807) is 24.3 Å². The monoisotopic (exact) mass is 405 g/mol. The van der Waals surface area contributed by atoms with Crippen molar-refractivity contribution in [3.63, 3.8) is 0 Å². The van der Waals surface area contributed by atoms with Crippen molar-refractivity contribution in [1.29, 1.82) is 0 Å². The fourth-order valence-corrected chi connectivity index (χ4v) is 3.28. The van der Waals surface area contributed by atoms with Crippen LogP contribution in [0.15, 0.2) is 41.5 Å². The third-order valence-electron chi connectivity index (χ3n) is 4.75. The molecular formula is C18H19N3O8. The summed E-state index contributed by atoms with van der Waals surface area (Å²) in [5.41, 5.74) is 3.22. The number of hydroxylamine groups is 1. The molecule has 4 rings (SSSR count). The van der Waals surface area contributed by atoms with Crippen LogP contribution in [0, 0.1) is 6.92 Å². The molecule has 0 bridgehead atoms. The van der Waals surface area contributed by atoms with Crippen molar-refractivity contribution >= 4 is 18.0 Å². The van der Waals surface area contributed by atoms with E-state index in [1.807, 2.05) is 12.4 Å². The number of aryl methyl sites for hydroxylation is 1. The Labute approximate surface area is 165 Å². The van der Waals surface area contributed by atoms with Crippen molar-refractivity contribution in [3.8, 4) is 0 Å². The van der Waals surface area contributed by atoms with Crippen LogP contribution in [0.25, 0.3) is 0 Å². The molecular weight excluding hydrogens is 386 g/mol. The number of carbonyl (C=O) groups is 2. The highest BCUT2D eigenvalue weighted by molar-refractivity contribution is 5.92. The van der Waals surface area contributed by atoms with Crippen LogP contribution in [-0.2, 0) is 18.9 Å². The van der Waals surface area contributed by atoms with Gasteiger partial charge in [0.25, 0.3) is 0 Å². The van der Waals surface area contributed by atoms with Crippen LogP contribution >= 0.6 is 0 Å². The lowest BCUT2D eigenvalue weighted by molar-refractivity contribution is -0.136. The van der Waals surface area contributed by atoms with Gasteiger partial charge < -0.3 is 29.0 Å². The van der Waals surface area contributed by atoms with Crippen LogP contribution in [0.3, 0.4) is 0 Å². The molecule has 3 heterocycles. The zero-order valence-corrected chi connectivity index (χ0v) is 15.3. The van der Waals surface area contributed by atoms with Crippen molar-refractivity contribution in [3.05, 3.63) is 47.7 Å². The lowest BCUT2D eigenvalue weighted by Crippen LogP contribution is -2.47. The summed E-state index contributed by atoms with van der Waals surface area (Å²) in [6.45, 7) is 1.73. The maximum Gasteiger partial charge on any atom is 0.509 e. The number of aliphatic imine (C=N–C) groups is 1. The predicted octanol–water partition coefficient (Wildman–Crippen LogP) is 0.263. The summed E-state index contributed by atoms with van der Waals surface area (Å²) in [7, 11) is 0. The lowest BCUT2D eigenvalue weighted by Gasteiger charge is -2.33. The van der Waals surface area contributed by atoms with Gasteiger partial charge in [0.2, 0.25) is 6.35 Å². The fraction of sp³-hybridized carbons (Fsp3) is 0.389. The van der Waals surface area contributed by atoms with Gasteiger partial charge in [-0.05, 0) is 25.1 Å². The SMILES string of the molecule is Cc1ccc(C(=O)OC[C@H]2O[C@@H](N3C=CC(NO)=NC3O)[C@@H]3OC(=O)O[C@@H]32)cc1. The number of aliphatic hydroxyl groups excluding tert-OH is 1. The van der Waals surface area contributed by atoms with Gasteiger partial charge >= 0.3 is 12.1 Å². The van der Waals surface area contributed by atoms with E-state index in [-0.39, 0.29) is 12.4 Å². The number of rotatable bonds is 4. The molecule has 3 aliphatic heterocycles. The quantitative estimate of drug-likeness (QED) is 0.472. The maximum atomic E-state index is 12.2. The van der Waals surface area contributed by atoms with Gasteiger partial charge in [0, 0.05) is 6.20 Å². The molecule has 0 spiro atoms. The molecule has 1 unspecified atom stereocenters. The molecule has 1 aromatic rings. The summed E-state index contributed by atoms with van der Waals surface area (Å²) >= 11 is 0. The highest BCUT2D eigenvalue weighted by Crippen LogP contribution is 2.35. The minimum absolute atomic E-state index is 0.0477. The minimum Gasteiger partial charge on any atom is -0.459 e. The molecule has 11 heteroatoms. The second-order valence-corrected chi connectivity index (χ2v) is 6.68. The molecule has 0 saturated carbocycles. The molecule has 1 aromatic carbocycles. The first-order valence-corrected chi connectivity index (χ1v) is 8.84. The summed E-state index contributed by atoms with van der Waals surface area (Å²) in [4.78, 5) is 29.0. The van der Waals surface area contributed by atoms with Crippen molar-refractivity contribution < 1.29 is 38.9 Å². The largest absolute Gasteiger partial charge is 0.509 e. The van der Waals surface area contributed by atoms with E-state index in [0.717, 1.165) is 5.56 Å². The predicted molar refractivity (Wildman–Crippen MR) is 94.6 cm³/mol. The van der Waals surface area contributed by atoms with Gasteiger partial charge in [-0.2, -0.15) is 0 Å². The Bertz CT molecular complexity index is 855. The Morgan fingerprint density at radius 1 is 1.28 bits per heavy atom. The smallest absolute Gasteiger partial charge is 0.459 e. The third-order valence-corrected chi connectivity index (χ3v) is 4.75. The standard InChI is InChI=1S/C18H19N3O8/c1-9-2-4-10(5-3-9)16(22)26-8-11-13-14(29-18(24)28-13)15(27-11)21-7-6-12(20-25)19-17(21)23/h2-7,11,13-15,17,23,25H,8H2,1H3,(H,19,20)/t11-,13-,14-,15-,17?/m1/s1. The minimum atomic E-state index is -1.39. The Hall–Kier alpha value is -3.15. The number of nitrogens with one attached hydrogen (secondary N) is 1. The van der Waals surface area contributed by atoms with Crippen molar-refractivity contribution in [2.24, 2.45) is 4.99 Å². The van der Waals surface area contributed by atoms with Crippen molar-refractivity contribution in [1.82, 2.24) is 10.4 Å². The number of hydrogen-bond acceptors (Lipinski definition) is 11. The molecule has 2 saturated heterocycles. The first kappa shape index (κ1) is 19.2. The zero-order valence-electron chi connectivity index (χ0n) is 15.3. The molecule has 0 amide bonds. The van der Waals surface area contributed by atoms with Crippen LogP contribution in [-0.4, -0.2) is 70.7 Å². The number of hydrogen-bond donors (Lipinski definition) is 3. The third kappa shape index (κ3) is 3.75. The summed E-state index contributed by atoms with van der Waals surface area (Å²) in [5.74, 6) is -0.494. The Kier molecular flexibility index (Phi) is 5.09. The van der Waals surface area contributed by atoms with Gasteiger partial charge in [-0.3, -0.25) is 10.7 Å². The Morgan fingerprint density at radius 2 is 2.00 bits per heavy atom. The number of nitrogens with zero attached hydrogens (tertiary/aromatic N) is 2. The summed E-state index contributed by atoms with van der Waals surface area (Å²) < 4.78 is 21.5. The molecule has 0 aromatic heterocycles. The van der Waals surface area contributed by atoms with E-state index in [1.165, 1.54) is 17.2 Å². The number of ether oxygens (including phenoxy) is 4. The Morgan fingerprint density at radius 3 is 2.69 bits per heavy atom. The number of carbonyl (C=O) groups excluding carboxylic acids is 2. The maximum absolute atomic E-state index is 12.2. The molecule has 29 heavy (non-hydrogen) atoms. The van der Waals surface area contributed by atoms with Gasteiger partial charge in [0.1, 0.15) is 12.7 Å². The van der Waals surface area contributed by atoms with Gasteiger partial charge in [-0.15, -0.1) is 0 Å². The van der Waals surface area contributed by atoms with Crippen LogP contribution in [0.1, 0.15) is 15.9 Å². The molecule has 3 aliphatic rings. The summed E-state index contributed by atoms with van der Waals surface area (Å²) in [6.07, 6.45) is -2.85. The molecule has 5 atom stereocenters. The number of amidine groups is 1. The van der Waals surface area contributed by atoms with Gasteiger partial charge in [-0.1, -0.05) is 17.7 Å². The van der Waals surface area contributed by atoms with E-state index in [0.29, 0.717) is 5.56 Å². The van der Waals surface area contributed by atoms with E-state index in [4.69, 9.17) is 24.2 Å². The first-order valence-electron chi connectivity index (χ1n) is 8.84. The van der Waals surface area contributed by atoms with Gasteiger partial charge in [0.05, 0.1) is 5.56 Å². The second-order valence-electron chi connectivity index (χ2n) is 6.68. The molecule has 0 aliphatic carbocycles. The second kappa shape index (κ2) is 7.70. The zero-order chi connectivity index (χ0) is 20.5. The molecule has 11 nitrogen and oxygen atoms in total.